The molecule has 2 fully saturated rings. The number of hydrogen-bond donors (Lipinski definition) is 2. The number of hydrogen-bond acceptors (Lipinski definition) is 3. The first-order valence-corrected chi connectivity index (χ1v) is 12.2. The highest BCUT2D eigenvalue weighted by atomic mass is 19.1. The molecule has 0 heterocycles. The average molecular weight is 452 g/mol. The molecule has 2 aromatic carbocycles. The Bertz CT molecular complexity index is 969. The zero-order chi connectivity index (χ0) is 23.2. The van der Waals surface area contributed by atoms with Gasteiger partial charge in [-0.25, -0.2) is 4.39 Å². The molecule has 0 radical (unpaired) electrons. The second-order valence-electron chi connectivity index (χ2n) is 9.35. The van der Waals surface area contributed by atoms with Crippen molar-refractivity contribution in [3.63, 3.8) is 0 Å². The van der Waals surface area contributed by atoms with E-state index in [1.54, 1.807) is 12.1 Å². The molecule has 2 amide bonds. The van der Waals surface area contributed by atoms with Crippen molar-refractivity contribution in [3.8, 4) is 0 Å². The molecule has 4 rings (SSSR count). The molecule has 0 aliphatic heterocycles. The van der Waals surface area contributed by atoms with E-state index in [1.807, 2.05) is 31.2 Å². The highest BCUT2D eigenvalue weighted by molar-refractivity contribution is 6.02. The van der Waals surface area contributed by atoms with E-state index >= 15 is 0 Å². The third-order valence-corrected chi connectivity index (χ3v) is 6.94. The van der Waals surface area contributed by atoms with Crippen molar-refractivity contribution < 1.29 is 14.0 Å². The minimum Gasteiger partial charge on any atom is -0.351 e. The molecule has 0 bridgehead atoms. The Morgan fingerprint density at radius 3 is 2.36 bits per heavy atom. The van der Waals surface area contributed by atoms with Crippen LogP contribution < -0.4 is 15.5 Å². The van der Waals surface area contributed by atoms with Crippen LogP contribution >= 0.6 is 0 Å². The second-order valence-corrected chi connectivity index (χ2v) is 9.35. The quantitative estimate of drug-likeness (QED) is 0.606. The number of carbonyl (C=O) groups excluding carboxylic acids is 2. The predicted octanol–water partition coefficient (Wildman–Crippen LogP) is 4.80. The van der Waals surface area contributed by atoms with Gasteiger partial charge in [-0.2, -0.15) is 0 Å². The first kappa shape index (κ1) is 23.4. The number of nitrogens with zero attached hydrogens (tertiary/aromatic N) is 1. The summed E-state index contributed by atoms with van der Waals surface area (Å²) < 4.78 is 14.2. The maximum Gasteiger partial charge on any atom is 0.248 e. The SMILES string of the molecule is Cc1ccccc1C(C(=O)NC1CCCCC1)N(C(=O)CNC1CCC1)c1cccc(F)c1. The van der Waals surface area contributed by atoms with Crippen LogP contribution in [0.5, 0.6) is 0 Å². The van der Waals surface area contributed by atoms with Crippen molar-refractivity contribution in [2.75, 3.05) is 11.4 Å². The summed E-state index contributed by atoms with van der Waals surface area (Å²) in [6.07, 6.45) is 8.54. The summed E-state index contributed by atoms with van der Waals surface area (Å²) in [6.45, 7) is 2.05. The maximum absolute atomic E-state index is 14.2. The highest BCUT2D eigenvalue weighted by Crippen LogP contribution is 2.31. The fourth-order valence-electron chi connectivity index (χ4n) is 4.81. The number of halogens is 1. The van der Waals surface area contributed by atoms with Gasteiger partial charge in [0.1, 0.15) is 11.9 Å². The van der Waals surface area contributed by atoms with Crippen molar-refractivity contribution >= 4 is 17.5 Å². The van der Waals surface area contributed by atoms with Crippen LogP contribution in [0, 0.1) is 12.7 Å². The van der Waals surface area contributed by atoms with E-state index in [9.17, 15) is 14.0 Å². The van der Waals surface area contributed by atoms with E-state index in [0.717, 1.165) is 56.1 Å². The summed E-state index contributed by atoms with van der Waals surface area (Å²) in [7, 11) is 0. The molecule has 6 heteroatoms. The maximum atomic E-state index is 14.2. The zero-order valence-corrected chi connectivity index (χ0v) is 19.4. The van der Waals surface area contributed by atoms with Crippen molar-refractivity contribution in [1.29, 1.82) is 0 Å². The highest BCUT2D eigenvalue weighted by Gasteiger charge is 2.35. The smallest absolute Gasteiger partial charge is 0.248 e. The molecule has 176 valence electrons. The molecule has 1 atom stereocenters. The summed E-state index contributed by atoms with van der Waals surface area (Å²) in [5, 5.41) is 6.51. The van der Waals surface area contributed by atoms with Gasteiger partial charge in [-0.15, -0.1) is 0 Å². The number of amides is 2. The molecule has 2 saturated carbocycles. The second kappa shape index (κ2) is 10.9. The average Bonchev–Trinajstić information content (AvgIpc) is 2.77. The summed E-state index contributed by atoms with van der Waals surface area (Å²) in [6, 6.07) is 13.2. The van der Waals surface area contributed by atoms with E-state index in [1.165, 1.54) is 23.5 Å². The number of benzene rings is 2. The third kappa shape index (κ3) is 5.80. The largest absolute Gasteiger partial charge is 0.351 e. The van der Waals surface area contributed by atoms with Crippen LogP contribution in [0.1, 0.15) is 68.5 Å². The Hall–Kier alpha value is -2.73. The molecular weight excluding hydrogens is 417 g/mol. The lowest BCUT2D eigenvalue weighted by Gasteiger charge is -2.35. The van der Waals surface area contributed by atoms with Crippen LogP contribution in [0.3, 0.4) is 0 Å². The van der Waals surface area contributed by atoms with Crippen LogP contribution in [0.2, 0.25) is 0 Å². The number of aryl methyl sites for hydroxylation is 1. The first-order chi connectivity index (χ1) is 16.0. The number of nitrogens with one attached hydrogen (secondary N) is 2. The summed E-state index contributed by atoms with van der Waals surface area (Å²) >= 11 is 0. The molecule has 2 aliphatic rings. The standard InChI is InChI=1S/C27H34FN3O2/c1-19-9-5-6-16-24(19)26(27(33)30-22-11-3-2-4-12-22)31(23-15-7-10-20(28)17-23)25(32)18-29-21-13-8-14-21/h5-7,9-10,15-17,21-22,26,29H,2-4,8,11-14,18H2,1H3,(H,30,33). The van der Waals surface area contributed by atoms with E-state index in [-0.39, 0.29) is 24.4 Å². The van der Waals surface area contributed by atoms with Gasteiger partial charge >= 0.3 is 0 Å². The number of anilines is 1. The molecule has 5 nitrogen and oxygen atoms in total. The molecule has 33 heavy (non-hydrogen) atoms. The normalized spacial score (nSPS) is 17.8. The van der Waals surface area contributed by atoms with Gasteiger partial charge in [0.25, 0.3) is 0 Å². The first-order valence-electron chi connectivity index (χ1n) is 12.2. The van der Waals surface area contributed by atoms with Crippen molar-refractivity contribution in [2.45, 2.75) is 76.4 Å². The summed E-state index contributed by atoms with van der Waals surface area (Å²) in [5.74, 6) is -0.884. The Balaban J connectivity index is 1.70. The minimum atomic E-state index is -0.870. The van der Waals surface area contributed by atoms with Gasteiger partial charge in [0.2, 0.25) is 11.8 Å². The Kier molecular flexibility index (Phi) is 7.76. The summed E-state index contributed by atoms with van der Waals surface area (Å²) in [4.78, 5) is 28.8. The topological polar surface area (TPSA) is 61.4 Å². The van der Waals surface area contributed by atoms with Crippen molar-refractivity contribution in [3.05, 3.63) is 65.5 Å². The van der Waals surface area contributed by atoms with Gasteiger partial charge in [-0.05, 0) is 61.9 Å². The molecule has 1 unspecified atom stereocenters. The van der Waals surface area contributed by atoms with Crippen molar-refractivity contribution in [1.82, 2.24) is 10.6 Å². The molecule has 0 saturated heterocycles. The van der Waals surface area contributed by atoms with E-state index < -0.39 is 11.9 Å². The van der Waals surface area contributed by atoms with Gasteiger partial charge in [0.05, 0.1) is 6.54 Å². The van der Waals surface area contributed by atoms with Crippen LogP contribution in [-0.2, 0) is 9.59 Å². The van der Waals surface area contributed by atoms with Crippen LogP contribution in [0.15, 0.2) is 48.5 Å². The molecule has 0 aromatic heterocycles. The van der Waals surface area contributed by atoms with Gasteiger partial charge in [-0.1, -0.05) is 56.0 Å². The molecule has 2 N–H and O–H groups in total. The Morgan fingerprint density at radius 2 is 1.70 bits per heavy atom. The van der Waals surface area contributed by atoms with E-state index in [2.05, 4.69) is 10.6 Å². The van der Waals surface area contributed by atoms with Gasteiger partial charge in [-0.3, -0.25) is 14.5 Å². The van der Waals surface area contributed by atoms with E-state index in [0.29, 0.717) is 11.7 Å². The Morgan fingerprint density at radius 1 is 0.970 bits per heavy atom. The van der Waals surface area contributed by atoms with Gasteiger partial charge < -0.3 is 10.6 Å². The molecule has 2 aromatic rings. The molecular formula is C27H34FN3O2. The van der Waals surface area contributed by atoms with Crippen LogP contribution in [0.4, 0.5) is 10.1 Å². The lowest BCUT2D eigenvalue weighted by Crippen LogP contribution is -2.50. The number of rotatable bonds is 8. The molecule has 0 spiro atoms. The monoisotopic (exact) mass is 451 g/mol. The van der Waals surface area contributed by atoms with E-state index in [4.69, 9.17) is 0 Å². The Labute approximate surface area is 195 Å². The zero-order valence-electron chi connectivity index (χ0n) is 19.4. The van der Waals surface area contributed by atoms with Crippen molar-refractivity contribution in [2.24, 2.45) is 0 Å². The lowest BCUT2D eigenvalue weighted by molar-refractivity contribution is -0.127. The lowest BCUT2D eigenvalue weighted by atomic mass is 9.93. The minimum absolute atomic E-state index is 0.107. The van der Waals surface area contributed by atoms with Crippen LogP contribution in [-0.4, -0.2) is 30.4 Å². The predicted molar refractivity (Wildman–Crippen MR) is 128 cm³/mol. The fraction of sp³-hybridized carbons (Fsp3) is 0.481. The molecule has 2 aliphatic carbocycles. The van der Waals surface area contributed by atoms with Gasteiger partial charge in [0.15, 0.2) is 0 Å². The summed E-state index contributed by atoms with van der Waals surface area (Å²) in [5.41, 5.74) is 2.07. The van der Waals surface area contributed by atoms with Crippen LogP contribution in [0.25, 0.3) is 0 Å². The third-order valence-electron chi connectivity index (χ3n) is 6.94. The fourth-order valence-corrected chi connectivity index (χ4v) is 4.81. The number of carbonyl (C=O) groups is 2. The van der Waals surface area contributed by atoms with Gasteiger partial charge in [0, 0.05) is 17.8 Å².